The predicted octanol–water partition coefficient (Wildman–Crippen LogP) is 2.56. The van der Waals surface area contributed by atoms with Crippen LogP contribution in [-0.2, 0) is 4.74 Å². The Morgan fingerprint density at radius 1 is 1.47 bits per heavy atom. The number of carbonyl (C=O) groups excluding carboxylic acids is 1. The summed E-state index contributed by atoms with van der Waals surface area (Å²) >= 11 is 0. The molecule has 0 spiro atoms. The Kier molecular flexibility index (Phi) is 3.23. The Hall–Kier alpha value is -2.10. The molecule has 0 bridgehead atoms. The van der Waals surface area contributed by atoms with Crippen LogP contribution in [0.4, 0.5) is 0 Å². The fourth-order valence-electron chi connectivity index (χ4n) is 1.67. The van der Waals surface area contributed by atoms with Gasteiger partial charge in [-0.3, -0.25) is 5.10 Å². The molecular weight excluding hydrogens is 216 g/mol. The monoisotopic (exact) mass is 230 g/mol. The summed E-state index contributed by atoms with van der Waals surface area (Å²) in [4.78, 5) is 11.7. The molecule has 0 amide bonds. The molecule has 88 valence electrons. The second-order valence-electron chi connectivity index (χ2n) is 3.75. The van der Waals surface area contributed by atoms with Gasteiger partial charge in [0.2, 0.25) is 0 Å². The second kappa shape index (κ2) is 4.82. The van der Waals surface area contributed by atoms with Gasteiger partial charge in [-0.2, -0.15) is 5.10 Å². The molecule has 0 saturated carbocycles. The number of rotatable bonds is 3. The third-order valence-corrected chi connectivity index (χ3v) is 2.44. The lowest BCUT2D eigenvalue weighted by molar-refractivity contribution is 0.0527. The molecule has 1 aromatic carbocycles. The molecular formula is C13H14N2O2. The third kappa shape index (κ3) is 2.36. The smallest absolute Gasteiger partial charge is 0.341 e. The van der Waals surface area contributed by atoms with Gasteiger partial charge in [0.25, 0.3) is 0 Å². The van der Waals surface area contributed by atoms with E-state index in [1.807, 2.05) is 31.2 Å². The molecule has 0 unspecified atom stereocenters. The predicted molar refractivity (Wildman–Crippen MR) is 64.7 cm³/mol. The van der Waals surface area contributed by atoms with E-state index in [2.05, 4.69) is 10.2 Å². The van der Waals surface area contributed by atoms with Gasteiger partial charge in [0.15, 0.2) is 0 Å². The standard InChI is InChI=1S/C13H14N2O2/c1-3-17-13(16)11-8-14-15-12(11)10-6-4-5-9(2)7-10/h4-8H,3H2,1-2H3,(H,14,15). The minimum atomic E-state index is -0.349. The fourth-order valence-corrected chi connectivity index (χ4v) is 1.67. The molecule has 1 aromatic heterocycles. The van der Waals surface area contributed by atoms with Crippen LogP contribution in [0.2, 0.25) is 0 Å². The van der Waals surface area contributed by atoms with E-state index >= 15 is 0 Å². The first-order chi connectivity index (χ1) is 8.22. The minimum Gasteiger partial charge on any atom is -0.462 e. The Bertz CT molecular complexity index is 532. The molecule has 1 heterocycles. The Morgan fingerprint density at radius 2 is 2.29 bits per heavy atom. The van der Waals surface area contributed by atoms with E-state index in [4.69, 9.17) is 4.74 Å². The molecule has 0 aliphatic carbocycles. The molecule has 0 aliphatic heterocycles. The summed E-state index contributed by atoms with van der Waals surface area (Å²) in [6.07, 6.45) is 1.50. The Labute approximate surface area is 99.6 Å². The van der Waals surface area contributed by atoms with Crippen LogP contribution in [0, 0.1) is 6.92 Å². The van der Waals surface area contributed by atoms with E-state index in [1.54, 1.807) is 6.92 Å². The molecule has 0 radical (unpaired) electrons. The number of hydrogen-bond acceptors (Lipinski definition) is 3. The van der Waals surface area contributed by atoms with Crippen molar-refractivity contribution < 1.29 is 9.53 Å². The molecule has 2 rings (SSSR count). The van der Waals surface area contributed by atoms with Crippen LogP contribution in [0.15, 0.2) is 30.5 Å². The number of aryl methyl sites for hydroxylation is 1. The van der Waals surface area contributed by atoms with Crippen molar-refractivity contribution in [3.05, 3.63) is 41.6 Å². The van der Waals surface area contributed by atoms with Gasteiger partial charge in [-0.15, -0.1) is 0 Å². The highest BCUT2D eigenvalue weighted by atomic mass is 16.5. The third-order valence-electron chi connectivity index (χ3n) is 2.44. The number of aromatic nitrogens is 2. The van der Waals surface area contributed by atoms with Crippen molar-refractivity contribution in [2.24, 2.45) is 0 Å². The van der Waals surface area contributed by atoms with Gasteiger partial charge in [-0.1, -0.05) is 23.8 Å². The van der Waals surface area contributed by atoms with Crippen molar-refractivity contribution in [3.8, 4) is 11.3 Å². The number of nitrogens with zero attached hydrogens (tertiary/aromatic N) is 1. The topological polar surface area (TPSA) is 55.0 Å². The van der Waals surface area contributed by atoms with Crippen LogP contribution in [0.3, 0.4) is 0 Å². The highest BCUT2D eigenvalue weighted by molar-refractivity contribution is 5.95. The summed E-state index contributed by atoms with van der Waals surface area (Å²) in [5.74, 6) is -0.349. The average molecular weight is 230 g/mol. The molecule has 4 heteroatoms. The Balaban J connectivity index is 2.40. The van der Waals surface area contributed by atoms with Crippen molar-refractivity contribution in [2.45, 2.75) is 13.8 Å². The van der Waals surface area contributed by atoms with Gasteiger partial charge in [-0.25, -0.2) is 4.79 Å². The highest BCUT2D eigenvalue weighted by Crippen LogP contribution is 2.22. The summed E-state index contributed by atoms with van der Waals surface area (Å²) in [6.45, 7) is 4.14. The van der Waals surface area contributed by atoms with E-state index in [0.29, 0.717) is 17.9 Å². The summed E-state index contributed by atoms with van der Waals surface area (Å²) in [6, 6.07) is 7.88. The number of nitrogens with one attached hydrogen (secondary N) is 1. The first kappa shape index (κ1) is 11.4. The fraction of sp³-hybridized carbons (Fsp3) is 0.231. The van der Waals surface area contributed by atoms with Crippen molar-refractivity contribution in [2.75, 3.05) is 6.61 Å². The first-order valence-corrected chi connectivity index (χ1v) is 5.50. The van der Waals surface area contributed by atoms with Crippen molar-refractivity contribution in [1.82, 2.24) is 10.2 Å². The zero-order valence-corrected chi connectivity index (χ0v) is 9.86. The van der Waals surface area contributed by atoms with Crippen LogP contribution < -0.4 is 0 Å². The summed E-state index contributed by atoms with van der Waals surface area (Å²) < 4.78 is 4.98. The maximum Gasteiger partial charge on any atom is 0.341 e. The molecule has 0 aliphatic rings. The quantitative estimate of drug-likeness (QED) is 0.824. The molecule has 1 N–H and O–H groups in total. The van der Waals surface area contributed by atoms with Gasteiger partial charge < -0.3 is 4.74 Å². The number of carbonyl (C=O) groups is 1. The summed E-state index contributed by atoms with van der Waals surface area (Å²) in [7, 11) is 0. The van der Waals surface area contributed by atoms with Crippen molar-refractivity contribution in [3.63, 3.8) is 0 Å². The summed E-state index contributed by atoms with van der Waals surface area (Å²) in [5.41, 5.74) is 3.24. The lowest BCUT2D eigenvalue weighted by Gasteiger charge is -2.03. The van der Waals surface area contributed by atoms with E-state index in [0.717, 1.165) is 11.1 Å². The molecule has 0 saturated heterocycles. The summed E-state index contributed by atoms with van der Waals surface area (Å²) in [5, 5.41) is 6.74. The number of esters is 1. The van der Waals surface area contributed by atoms with Crippen LogP contribution in [0.1, 0.15) is 22.8 Å². The van der Waals surface area contributed by atoms with Gasteiger partial charge in [0.1, 0.15) is 5.56 Å². The van der Waals surface area contributed by atoms with E-state index < -0.39 is 0 Å². The van der Waals surface area contributed by atoms with Crippen LogP contribution in [0.25, 0.3) is 11.3 Å². The number of aromatic amines is 1. The zero-order valence-electron chi connectivity index (χ0n) is 9.86. The van der Waals surface area contributed by atoms with E-state index in [9.17, 15) is 4.79 Å². The lowest BCUT2D eigenvalue weighted by Crippen LogP contribution is -2.04. The van der Waals surface area contributed by atoms with Crippen molar-refractivity contribution >= 4 is 5.97 Å². The largest absolute Gasteiger partial charge is 0.462 e. The van der Waals surface area contributed by atoms with E-state index in [-0.39, 0.29) is 5.97 Å². The second-order valence-corrected chi connectivity index (χ2v) is 3.75. The highest BCUT2D eigenvalue weighted by Gasteiger charge is 2.15. The number of H-pyrrole nitrogens is 1. The van der Waals surface area contributed by atoms with Crippen LogP contribution in [0.5, 0.6) is 0 Å². The minimum absolute atomic E-state index is 0.349. The molecule has 4 nitrogen and oxygen atoms in total. The molecule has 2 aromatic rings. The number of hydrogen-bond donors (Lipinski definition) is 1. The van der Waals surface area contributed by atoms with Gasteiger partial charge >= 0.3 is 5.97 Å². The van der Waals surface area contributed by atoms with Crippen molar-refractivity contribution in [1.29, 1.82) is 0 Å². The first-order valence-electron chi connectivity index (χ1n) is 5.50. The van der Waals surface area contributed by atoms with Crippen LogP contribution in [-0.4, -0.2) is 22.8 Å². The zero-order chi connectivity index (χ0) is 12.3. The van der Waals surface area contributed by atoms with Crippen LogP contribution >= 0.6 is 0 Å². The average Bonchev–Trinajstić information content (AvgIpc) is 2.78. The molecule has 0 atom stereocenters. The maximum atomic E-state index is 11.7. The normalized spacial score (nSPS) is 10.2. The Morgan fingerprint density at radius 3 is 3.00 bits per heavy atom. The maximum absolute atomic E-state index is 11.7. The molecule has 17 heavy (non-hydrogen) atoms. The number of ether oxygens (including phenoxy) is 1. The lowest BCUT2D eigenvalue weighted by atomic mass is 10.1. The van der Waals surface area contributed by atoms with Gasteiger partial charge in [0.05, 0.1) is 18.5 Å². The van der Waals surface area contributed by atoms with Gasteiger partial charge in [0, 0.05) is 5.56 Å². The van der Waals surface area contributed by atoms with E-state index in [1.165, 1.54) is 6.20 Å². The molecule has 0 fully saturated rings. The number of benzene rings is 1. The SMILES string of the molecule is CCOC(=O)c1cn[nH]c1-c1cccc(C)c1. The van der Waals surface area contributed by atoms with Gasteiger partial charge in [-0.05, 0) is 19.9 Å².